The van der Waals surface area contributed by atoms with Gasteiger partial charge in [0.2, 0.25) is 5.91 Å². The minimum absolute atomic E-state index is 0.0842. The van der Waals surface area contributed by atoms with Crippen LogP contribution in [0, 0.1) is 0 Å². The number of amides is 1. The Labute approximate surface area is 126 Å². The van der Waals surface area contributed by atoms with Crippen molar-refractivity contribution in [2.45, 2.75) is 13.5 Å². The molecular formula is C15H16N2O5. The third-order valence-electron chi connectivity index (χ3n) is 3.42. The minimum atomic E-state index is -1.52. The molecule has 3 N–H and O–H groups in total. The van der Waals surface area contributed by atoms with Gasteiger partial charge in [0.05, 0.1) is 17.7 Å². The lowest BCUT2D eigenvalue weighted by Gasteiger charge is -2.20. The molecule has 2 rings (SSSR count). The number of aliphatic hydroxyl groups is 1. The van der Waals surface area contributed by atoms with Crippen LogP contribution >= 0.6 is 0 Å². The molecule has 116 valence electrons. The smallest absolute Gasteiger partial charge is 0.377 e. The number of hydrogen-bond donors (Lipinski definition) is 3. The average Bonchev–Trinajstić information content (AvgIpc) is 2.90. The van der Waals surface area contributed by atoms with Gasteiger partial charge in [0.25, 0.3) is 5.78 Å². The topological polar surface area (TPSA) is 111 Å². The van der Waals surface area contributed by atoms with Gasteiger partial charge in [-0.05, 0) is 5.56 Å². The summed E-state index contributed by atoms with van der Waals surface area (Å²) in [4.78, 5) is 38.4. The fraction of sp³-hybridized carbons (Fsp3) is 0.267. The third kappa shape index (κ3) is 2.99. The second-order valence-electron chi connectivity index (χ2n) is 4.84. The van der Waals surface area contributed by atoms with Crippen molar-refractivity contribution >= 4 is 28.6 Å². The zero-order valence-corrected chi connectivity index (χ0v) is 12.0. The van der Waals surface area contributed by atoms with E-state index < -0.39 is 11.8 Å². The van der Waals surface area contributed by atoms with E-state index in [4.69, 9.17) is 10.2 Å². The molecule has 7 nitrogen and oxygen atoms in total. The number of para-hydroxylation sites is 1. The number of H-pyrrole nitrogens is 1. The Balaban J connectivity index is 2.42. The summed E-state index contributed by atoms with van der Waals surface area (Å²) in [6.45, 7) is 1.72. The number of aromatic nitrogens is 1. The lowest BCUT2D eigenvalue weighted by Crippen LogP contribution is -2.31. The number of ketones is 1. The second-order valence-corrected chi connectivity index (χ2v) is 4.84. The number of aliphatic carboxylic acids is 1. The molecule has 0 atom stereocenters. The Hall–Kier alpha value is -2.67. The number of carboxylic acids is 1. The molecule has 1 amide bonds. The van der Waals surface area contributed by atoms with E-state index >= 15 is 0 Å². The Morgan fingerprint density at radius 3 is 2.59 bits per heavy atom. The van der Waals surface area contributed by atoms with Gasteiger partial charge in [-0.25, -0.2) is 4.79 Å². The molecule has 0 aliphatic heterocycles. The predicted octanol–water partition coefficient (Wildman–Crippen LogP) is 0.776. The SMILES string of the molecule is CC(=O)N(CCO)Cc1cccc2c(C(=O)C(=O)O)c[nH]c12. The van der Waals surface area contributed by atoms with Crippen LogP contribution in [0.2, 0.25) is 0 Å². The van der Waals surface area contributed by atoms with Crippen LogP contribution in [0.5, 0.6) is 0 Å². The maximum absolute atomic E-state index is 11.6. The molecule has 7 heteroatoms. The van der Waals surface area contributed by atoms with Crippen molar-refractivity contribution < 1.29 is 24.6 Å². The van der Waals surface area contributed by atoms with E-state index in [-0.39, 0.29) is 31.2 Å². The summed E-state index contributed by atoms with van der Waals surface area (Å²) in [5.41, 5.74) is 1.43. The number of carbonyl (C=O) groups excluding carboxylic acids is 2. The van der Waals surface area contributed by atoms with E-state index in [0.29, 0.717) is 10.9 Å². The molecular weight excluding hydrogens is 288 g/mol. The maximum atomic E-state index is 11.6. The first-order chi connectivity index (χ1) is 10.5. The Morgan fingerprint density at radius 2 is 2.00 bits per heavy atom. The lowest BCUT2D eigenvalue weighted by molar-refractivity contribution is -0.132. The van der Waals surface area contributed by atoms with Gasteiger partial charge >= 0.3 is 5.97 Å². The van der Waals surface area contributed by atoms with E-state index in [0.717, 1.165) is 5.56 Å². The summed E-state index contributed by atoms with van der Waals surface area (Å²) in [6, 6.07) is 5.12. The van der Waals surface area contributed by atoms with Gasteiger partial charge in [0.15, 0.2) is 0 Å². The second kappa shape index (κ2) is 6.40. The first-order valence-electron chi connectivity index (χ1n) is 6.68. The molecule has 0 radical (unpaired) electrons. The number of carboxylic acid groups (broad SMARTS) is 1. The van der Waals surface area contributed by atoms with E-state index in [1.54, 1.807) is 18.2 Å². The van der Waals surface area contributed by atoms with Crippen molar-refractivity contribution in [2.75, 3.05) is 13.2 Å². The van der Waals surface area contributed by atoms with Crippen molar-refractivity contribution in [2.24, 2.45) is 0 Å². The number of nitrogens with zero attached hydrogens (tertiary/aromatic N) is 1. The van der Waals surface area contributed by atoms with Crippen LogP contribution in [0.4, 0.5) is 0 Å². The highest BCUT2D eigenvalue weighted by Gasteiger charge is 2.20. The quantitative estimate of drug-likeness (QED) is 0.539. The number of hydrogen-bond acceptors (Lipinski definition) is 4. The van der Waals surface area contributed by atoms with Crippen molar-refractivity contribution in [3.63, 3.8) is 0 Å². The Kier molecular flexibility index (Phi) is 4.57. The molecule has 0 spiro atoms. The predicted molar refractivity (Wildman–Crippen MR) is 78.4 cm³/mol. The molecule has 0 saturated carbocycles. The largest absolute Gasteiger partial charge is 0.475 e. The van der Waals surface area contributed by atoms with Gasteiger partial charge in [-0.3, -0.25) is 9.59 Å². The highest BCUT2D eigenvalue weighted by Crippen LogP contribution is 2.23. The summed E-state index contributed by atoms with van der Waals surface area (Å²) >= 11 is 0. The lowest BCUT2D eigenvalue weighted by atomic mass is 10.1. The highest BCUT2D eigenvalue weighted by molar-refractivity contribution is 6.42. The number of fused-ring (bicyclic) bond motifs is 1. The molecule has 0 saturated heterocycles. The molecule has 0 unspecified atom stereocenters. The van der Waals surface area contributed by atoms with E-state index in [1.807, 2.05) is 0 Å². The van der Waals surface area contributed by atoms with Gasteiger partial charge < -0.3 is 20.1 Å². The number of rotatable bonds is 6. The number of nitrogens with one attached hydrogen (secondary N) is 1. The number of carbonyl (C=O) groups is 3. The van der Waals surface area contributed by atoms with E-state index in [2.05, 4.69) is 4.98 Å². The van der Waals surface area contributed by atoms with E-state index in [1.165, 1.54) is 18.0 Å². The van der Waals surface area contributed by atoms with Gasteiger partial charge in [-0.2, -0.15) is 0 Å². The molecule has 0 aliphatic rings. The molecule has 1 aromatic heterocycles. The number of Topliss-reactive ketones (excluding diaryl/α,β-unsaturated/α-hetero) is 1. The van der Waals surface area contributed by atoms with Crippen molar-refractivity contribution in [1.82, 2.24) is 9.88 Å². The first-order valence-corrected chi connectivity index (χ1v) is 6.68. The fourth-order valence-corrected chi connectivity index (χ4v) is 2.33. The zero-order valence-electron chi connectivity index (χ0n) is 12.0. The van der Waals surface area contributed by atoms with Crippen molar-refractivity contribution in [3.8, 4) is 0 Å². The number of aliphatic hydroxyl groups excluding tert-OH is 1. The fourth-order valence-electron chi connectivity index (χ4n) is 2.33. The monoisotopic (exact) mass is 304 g/mol. The average molecular weight is 304 g/mol. The Bertz CT molecular complexity index is 735. The Morgan fingerprint density at radius 1 is 1.27 bits per heavy atom. The van der Waals surface area contributed by atoms with Crippen LogP contribution in [-0.2, 0) is 16.1 Å². The first kappa shape index (κ1) is 15.7. The van der Waals surface area contributed by atoms with Crippen LogP contribution in [0.3, 0.4) is 0 Å². The van der Waals surface area contributed by atoms with Gasteiger partial charge in [-0.1, -0.05) is 18.2 Å². The van der Waals surface area contributed by atoms with Crippen molar-refractivity contribution in [3.05, 3.63) is 35.5 Å². The normalized spacial score (nSPS) is 10.6. The molecule has 0 bridgehead atoms. The minimum Gasteiger partial charge on any atom is -0.475 e. The summed E-state index contributed by atoms with van der Waals surface area (Å²) in [5, 5.41) is 18.3. The van der Waals surface area contributed by atoms with Gasteiger partial charge in [0.1, 0.15) is 0 Å². The third-order valence-corrected chi connectivity index (χ3v) is 3.42. The highest BCUT2D eigenvalue weighted by atomic mass is 16.4. The molecule has 0 aliphatic carbocycles. The summed E-state index contributed by atoms with van der Waals surface area (Å²) in [6.07, 6.45) is 1.36. The van der Waals surface area contributed by atoms with Gasteiger partial charge in [0, 0.05) is 31.6 Å². The molecule has 1 heterocycles. The zero-order chi connectivity index (χ0) is 16.3. The summed E-state index contributed by atoms with van der Waals surface area (Å²) in [7, 11) is 0. The molecule has 1 aromatic carbocycles. The van der Waals surface area contributed by atoms with Crippen molar-refractivity contribution in [1.29, 1.82) is 0 Å². The standard InChI is InChI=1S/C15H16N2O5/c1-9(19)17(5-6-18)8-10-3-2-4-11-12(7-16-13(10)11)14(20)15(21)22/h2-4,7,16,18H,5-6,8H2,1H3,(H,21,22). The molecule has 22 heavy (non-hydrogen) atoms. The van der Waals surface area contributed by atoms with Crippen LogP contribution in [0.15, 0.2) is 24.4 Å². The van der Waals surface area contributed by atoms with Gasteiger partial charge in [-0.15, -0.1) is 0 Å². The van der Waals surface area contributed by atoms with Crippen LogP contribution in [0.1, 0.15) is 22.8 Å². The molecule has 2 aromatic rings. The number of aromatic amines is 1. The maximum Gasteiger partial charge on any atom is 0.377 e. The molecule has 0 fully saturated rings. The van der Waals surface area contributed by atoms with Crippen LogP contribution < -0.4 is 0 Å². The number of benzene rings is 1. The summed E-state index contributed by atoms with van der Waals surface area (Å²) in [5.74, 6) is -2.68. The van der Waals surface area contributed by atoms with Crippen LogP contribution in [-0.4, -0.2) is 50.9 Å². The van der Waals surface area contributed by atoms with E-state index in [9.17, 15) is 14.4 Å². The summed E-state index contributed by atoms with van der Waals surface area (Å²) < 4.78 is 0. The van der Waals surface area contributed by atoms with Crippen LogP contribution in [0.25, 0.3) is 10.9 Å².